The third kappa shape index (κ3) is 6.03. The van der Waals surface area contributed by atoms with Gasteiger partial charge in [0.1, 0.15) is 13.2 Å². The number of anilines is 6. The van der Waals surface area contributed by atoms with E-state index < -0.39 is 0 Å². The summed E-state index contributed by atoms with van der Waals surface area (Å²) in [4.78, 5) is 33.6. The number of hydrogen-bond acceptors (Lipinski definition) is 6. The maximum Gasteiger partial charge on any atom is 0.338 e. The van der Waals surface area contributed by atoms with E-state index in [1.807, 2.05) is 84.9 Å². The number of nitrogens with zero attached hydrogens (tertiary/aromatic N) is 4. The van der Waals surface area contributed by atoms with Gasteiger partial charge in [0.2, 0.25) is 0 Å². The van der Waals surface area contributed by atoms with E-state index in [1.165, 1.54) is 0 Å². The Labute approximate surface area is 438 Å². The molecule has 356 valence electrons. The Morgan fingerprint density at radius 3 is 1.16 bits per heavy atom. The van der Waals surface area contributed by atoms with Gasteiger partial charge in [0.15, 0.2) is 0 Å². The van der Waals surface area contributed by atoms with Crippen LogP contribution in [-0.4, -0.2) is 34.6 Å². The Morgan fingerprint density at radius 1 is 0.355 bits per heavy atom. The number of carbonyl (C=O) groups is 2. The fourth-order valence-corrected chi connectivity index (χ4v) is 13.1. The Balaban J connectivity index is 0.979. The fourth-order valence-electron chi connectivity index (χ4n) is 13.1. The molecule has 0 spiro atoms. The van der Waals surface area contributed by atoms with Gasteiger partial charge in [0, 0.05) is 67.1 Å². The van der Waals surface area contributed by atoms with Crippen LogP contribution in [0.25, 0.3) is 55.1 Å². The lowest BCUT2D eigenvalue weighted by Gasteiger charge is -2.40. The summed E-state index contributed by atoms with van der Waals surface area (Å²) in [6.07, 6.45) is 0. The van der Waals surface area contributed by atoms with Crippen molar-refractivity contribution in [2.24, 2.45) is 0 Å². The molecule has 0 aliphatic carbocycles. The quantitative estimate of drug-likeness (QED) is 0.112. The van der Waals surface area contributed by atoms with Gasteiger partial charge in [-0.3, -0.25) is 0 Å². The SMILES string of the molecule is O=C(OCc1ccccc1)c1cc2c3c(c1)N(c1ccccc1)c1ccccc1B3n1c3c-2cccc3c2c1c1cccc3c1n2B1c2ccccc2N(c2ccccc2)c2cc(C(=O)OCc4ccccc4)cc-3c21. The number of benzene rings is 10. The molecule has 4 aliphatic heterocycles. The Bertz CT molecular complexity index is 4140. The predicted molar refractivity (Wildman–Crippen MR) is 307 cm³/mol. The van der Waals surface area contributed by atoms with Crippen LogP contribution in [0.1, 0.15) is 31.8 Å². The van der Waals surface area contributed by atoms with Gasteiger partial charge in [-0.15, -0.1) is 0 Å². The van der Waals surface area contributed by atoms with E-state index in [2.05, 4.69) is 164 Å². The largest absolute Gasteiger partial charge is 0.457 e. The van der Waals surface area contributed by atoms with Crippen molar-refractivity contribution in [2.75, 3.05) is 9.80 Å². The van der Waals surface area contributed by atoms with Crippen LogP contribution in [0.4, 0.5) is 34.1 Å². The number of fused-ring (bicyclic) bond motifs is 13. The third-order valence-corrected chi connectivity index (χ3v) is 16.1. The normalized spacial score (nSPS) is 13.1. The van der Waals surface area contributed by atoms with Crippen molar-refractivity contribution in [2.45, 2.75) is 13.2 Å². The molecule has 16 rings (SSSR count). The molecule has 0 fully saturated rings. The maximum absolute atomic E-state index is 14.5. The van der Waals surface area contributed by atoms with Crippen molar-refractivity contribution < 1.29 is 19.1 Å². The minimum absolute atomic E-state index is 0.167. The fraction of sp³-hybridized carbons (Fsp3) is 0.0303. The topological polar surface area (TPSA) is 68.9 Å². The molecule has 0 N–H and O–H groups in total. The summed E-state index contributed by atoms with van der Waals surface area (Å²) in [6.45, 7) is -0.212. The first-order chi connectivity index (χ1) is 37.6. The van der Waals surface area contributed by atoms with Crippen molar-refractivity contribution in [3.63, 3.8) is 0 Å². The molecule has 0 radical (unpaired) electrons. The average Bonchev–Trinajstić information content (AvgIpc) is 4.10. The lowest BCUT2D eigenvalue weighted by atomic mass is 9.45. The van der Waals surface area contributed by atoms with Crippen LogP contribution in [0.15, 0.2) is 231 Å². The summed E-state index contributed by atoms with van der Waals surface area (Å²) in [6, 6.07) is 79.6. The van der Waals surface area contributed by atoms with Gasteiger partial charge < -0.3 is 28.2 Å². The van der Waals surface area contributed by atoms with Gasteiger partial charge in [-0.2, -0.15) is 0 Å². The molecule has 0 saturated heterocycles. The molecule has 0 unspecified atom stereocenters. The molecule has 6 heterocycles. The second-order valence-corrected chi connectivity index (χ2v) is 20.1. The Hall–Kier alpha value is -9.79. The van der Waals surface area contributed by atoms with Crippen LogP contribution in [0.2, 0.25) is 0 Å². The van der Waals surface area contributed by atoms with Crippen molar-refractivity contribution >= 4 is 114 Å². The lowest BCUT2D eigenvalue weighted by molar-refractivity contribution is 0.0464. The summed E-state index contributed by atoms with van der Waals surface area (Å²) in [7, 11) is 0. The number of carbonyl (C=O) groups excluding carboxylic acids is 2. The number of para-hydroxylation sites is 6. The molecule has 0 amide bonds. The number of esters is 2. The molecule has 10 heteroatoms. The van der Waals surface area contributed by atoms with Gasteiger partial charge in [-0.25, -0.2) is 9.59 Å². The van der Waals surface area contributed by atoms with Gasteiger partial charge in [-0.05, 0) is 105 Å². The molecule has 8 nitrogen and oxygen atoms in total. The average molecular weight is 977 g/mol. The summed E-state index contributed by atoms with van der Waals surface area (Å²) in [5, 5.41) is 2.24. The standard InChI is InChI=1S/C66H42B2N4O4/c73-65(75-39-41-19-5-1-6-20-41)43-35-51-47-27-17-29-49-61(47)71(67-53-31-13-15-33-55(53)69(57(37-43)59(51)67)45-23-9-3-10-24-45)64-50-30-18-28-48-52-36-44(66(74)76-40-42-21-7-2-8-22-42)38-58-60(52)68(72(62(48)50)63(49)64)54-32-14-16-34-56(54)70(58)46-25-11-4-12-26-46/h1-38H,39-40H2. The minimum Gasteiger partial charge on any atom is -0.457 e. The van der Waals surface area contributed by atoms with Crippen LogP contribution in [0.5, 0.6) is 0 Å². The van der Waals surface area contributed by atoms with E-state index in [4.69, 9.17) is 9.47 Å². The van der Waals surface area contributed by atoms with Crippen LogP contribution in [0.3, 0.4) is 0 Å². The zero-order valence-electron chi connectivity index (χ0n) is 40.9. The highest BCUT2D eigenvalue weighted by Gasteiger charge is 2.48. The third-order valence-electron chi connectivity index (χ3n) is 16.1. The monoisotopic (exact) mass is 976 g/mol. The van der Waals surface area contributed by atoms with Gasteiger partial charge in [0.05, 0.1) is 22.2 Å². The highest BCUT2D eigenvalue weighted by Crippen LogP contribution is 2.51. The first-order valence-electron chi connectivity index (χ1n) is 25.9. The van der Waals surface area contributed by atoms with Gasteiger partial charge >= 0.3 is 25.6 Å². The minimum atomic E-state index is -0.376. The van der Waals surface area contributed by atoms with Crippen molar-refractivity contribution in [3.8, 4) is 22.3 Å². The Morgan fingerprint density at radius 2 is 0.737 bits per heavy atom. The first kappa shape index (κ1) is 42.7. The molecule has 0 atom stereocenters. The van der Waals surface area contributed by atoms with Crippen molar-refractivity contribution in [3.05, 3.63) is 253 Å². The Kier molecular flexibility index (Phi) is 9.19. The predicted octanol–water partition coefficient (Wildman–Crippen LogP) is 12.3. The number of hydrogen-bond donors (Lipinski definition) is 0. The maximum atomic E-state index is 14.5. The highest BCUT2D eigenvalue weighted by molar-refractivity contribution is 6.92. The smallest absolute Gasteiger partial charge is 0.338 e. The van der Waals surface area contributed by atoms with E-state index in [9.17, 15) is 9.59 Å². The summed E-state index contributed by atoms with van der Waals surface area (Å²) >= 11 is 0. The summed E-state index contributed by atoms with van der Waals surface area (Å²) in [5.74, 6) is -0.751. The lowest BCUT2D eigenvalue weighted by Crippen LogP contribution is -2.56. The molecular formula is C66H42B2N4O4. The van der Waals surface area contributed by atoms with E-state index in [-0.39, 0.29) is 38.8 Å². The van der Waals surface area contributed by atoms with E-state index in [0.29, 0.717) is 11.1 Å². The summed E-state index contributed by atoms with van der Waals surface area (Å²) < 4.78 is 17.5. The summed E-state index contributed by atoms with van der Waals surface area (Å²) in [5.41, 5.74) is 22.0. The van der Waals surface area contributed by atoms with E-state index >= 15 is 0 Å². The molecule has 12 aromatic rings. The highest BCUT2D eigenvalue weighted by atomic mass is 16.5. The zero-order valence-corrected chi connectivity index (χ0v) is 40.9. The molecule has 4 aliphatic rings. The number of rotatable bonds is 8. The molecule has 0 saturated carbocycles. The van der Waals surface area contributed by atoms with Gasteiger partial charge in [0.25, 0.3) is 0 Å². The van der Waals surface area contributed by atoms with Crippen LogP contribution in [-0.2, 0) is 22.7 Å². The zero-order chi connectivity index (χ0) is 50.2. The van der Waals surface area contributed by atoms with Crippen LogP contribution < -0.4 is 31.7 Å². The van der Waals surface area contributed by atoms with E-state index in [0.717, 1.165) is 122 Å². The van der Waals surface area contributed by atoms with Crippen molar-refractivity contribution in [1.29, 1.82) is 0 Å². The first-order valence-corrected chi connectivity index (χ1v) is 25.9. The molecule has 0 bridgehead atoms. The molecule has 2 aromatic heterocycles. The van der Waals surface area contributed by atoms with Gasteiger partial charge in [-0.1, -0.05) is 170 Å². The number of ether oxygens (including phenoxy) is 2. The molecule has 10 aromatic carbocycles. The van der Waals surface area contributed by atoms with E-state index in [1.54, 1.807) is 0 Å². The molecule has 76 heavy (non-hydrogen) atoms. The van der Waals surface area contributed by atoms with Crippen LogP contribution in [0, 0.1) is 0 Å². The van der Waals surface area contributed by atoms with Crippen molar-refractivity contribution in [1.82, 2.24) is 8.96 Å². The second kappa shape index (κ2) is 16.4. The van der Waals surface area contributed by atoms with Crippen LogP contribution >= 0.6 is 0 Å². The second-order valence-electron chi connectivity index (χ2n) is 20.1. The number of aromatic nitrogens is 2. The molecular weight excluding hydrogens is 934 g/mol.